The maximum Gasteiger partial charge on any atom is 0.100 e. The molecule has 0 aliphatic carbocycles. The molecule has 0 radical (unpaired) electrons. The molecule has 0 spiro atoms. The molecule has 1 rings (SSSR count). The highest BCUT2D eigenvalue weighted by Crippen LogP contribution is 2.13. The van der Waals surface area contributed by atoms with Gasteiger partial charge in [-0.25, -0.2) is 0 Å². The minimum atomic E-state index is 0.678. The first kappa shape index (κ1) is 10.2. The van der Waals surface area contributed by atoms with Gasteiger partial charge in [-0.2, -0.15) is 5.26 Å². The summed E-state index contributed by atoms with van der Waals surface area (Å²) in [7, 11) is 1.50. The van der Waals surface area contributed by atoms with Gasteiger partial charge < -0.3 is 5.73 Å². The lowest BCUT2D eigenvalue weighted by molar-refractivity contribution is 1.47. The average molecular weight is 213 g/mol. The van der Waals surface area contributed by atoms with Crippen molar-refractivity contribution in [3.8, 4) is 6.07 Å². The van der Waals surface area contributed by atoms with Crippen molar-refractivity contribution in [1.82, 2.24) is 0 Å². The van der Waals surface area contributed by atoms with Crippen LogP contribution in [0.4, 0.5) is 0 Å². The van der Waals surface area contributed by atoms with Crippen LogP contribution in [0.1, 0.15) is 5.56 Å². The lowest BCUT2D eigenvalue weighted by atomic mass is 10.2. The molecule has 0 aliphatic rings. The molecule has 0 saturated carbocycles. The van der Waals surface area contributed by atoms with Crippen LogP contribution >= 0.6 is 15.9 Å². The van der Waals surface area contributed by atoms with Gasteiger partial charge in [0.1, 0.15) is 6.07 Å². The molecule has 2 N–H and O–H groups in total. The van der Waals surface area contributed by atoms with Crippen LogP contribution in [0.15, 0.2) is 28.7 Å². The summed E-state index contributed by atoms with van der Waals surface area (Å²) in [6, 6.07) is 9.38. The van der Waals surface area contributed by atoms with Crippen LogP contribution in [0.25, 0.3) is 0 Å². The Morgan fingerprint density at radius 3 is 2.27 bits per heavy atom. The summed E-state index contributed by atoms with van der Waals surface area (Å²) in [5.41, 5.74) is 5.18. The van der Waals surface area contributed by atoms with Crippen LogP contribution in [-0.4, -0.2) is 7.05 Å². The van der Waals surface area contributed by atoms with Crippen LogP contribution in [0.5, 0.6) is 0 Å². The van der Waals surface area contributed by atoms with E-state index < -0.39 is 0 Å². The van der Waals surface area contributed by atoms with Gasteiger partial charge in [0.2, 0.25) is 0 Å². The Balaban J connectivity index is 0.000000461. The van der Waals surface area contributed by atoms with E-state index in [9.17, 15) is 0 Å². The molecular formula is C8H9BrN2. The zero-order valence-corrected chi connectivity index (χ0v) is 7.80. The normalized spacial score (nSPS) is 7.45. The van der Waals surface area contributed by atoms with Crippen molar-refractivity contribution < 1.29 is 0 Å². The largest absolute Gasteiger partial charge is 0.333 e. The predicted molar refractivity (Wildman–Crippen MR) is 49.0 cm³/mol. The summed E-state index contributed by atoms with van der Waals surface area (Å²) >= 11 is 3.23. The first-order valence-electron chi connectivity index (χ1n) is 3.07. The van der Waals surface area contributed by atoms with E-state index >= 15 is 0 Å². The van der Waals surface area contributed by atoms with E-state index in [1.807, 2.05) is 24.3 Å². The summed E-state index contributed by atoms with van der Waals surface area (Å²) in [5.74, 6) is 0. The highest BCUT2D eigenvalue weighted by Gasteiger charge is 1.92. The minimum Gasteiger partial charge on any atom is -0.333 e. The number of nitriles is 1. The number of rotatable bonds is 0. The monoisotopic (exact) mass is 212 g/mol. The quantitative estimate of drug-likeness (QED) is 0.715. The van der Waals surface area contributed by atoms with Gasteiger partial charge in [-0.3, -0.25) is 0 Å². The Hall–Kier alpha value is -0.850. The fourth-order valence-corrected chi connectivity index (χ4v) is 0.925. The fourth-order valence-electron chi connectivity index (χ4n) is 0.552. The number of nitrogens with two attached hydrogens (primary N) is 1. The standard InChI is InChI=1S/C7H4BrN.CH5N/c8-7-4-2-1-3-6(7)5-9;1-2/h1-4H;2H2,1H3. The van der Waals surface area contributed by atoms with Crippen molar-refractivity contribution in [1.29, 1.82) is 5.26 Å². The number of hydrogen-bond acceptors (Lipinski definition) is 2. The van der Waals surface area contributed by atoms with Gasteiger partial charge in [-0.1, -0.05) is 12.1 Å². The average Bonchev–Trinajstić information content (AvgIpc) is 2.09. The van der Waals surface area contributed by atoms with Gasteiger partial charge in [-0.05, 0) is 35.1 Å². The van der Waals surface area contributed by atoms with Crippen molar-refractivity contribution in [2.24, 2.45) is 5.73 Å². The predicted octanol–water partition coefficient (Wildman–Crippen LogP) is 1.90. The van der Waals surface area contributed by atoms with Gasteiger partial charge in [0.05, 0.1) is 5.56 Å². The molecule has 0 fully saturated rings. The van der Waals surface area contributed by atoms with Crippen LogP contribution < -0.4 is 5.73 Å². The molecule has 0 aliphatic heterocycles. The maximum absolute atomic E-state index is 8.44. The van der Waals surface area contributed by atoms with E-state index in [1.54, 1.807) is 6.07 Å². The highest BCUT2D eigenvalue weighted by molar-refractivity contribution is 9.10. The second kappa shape index (κ2) is 5.90. The second-order valence-corrected chi connectivity index (χ2v) is 2.45. The third-order valence-electron chi connectivity index (χ3n) is 0.994. The topological polar surface area (TPSA) is 49.8 Å². The van der Waals surface area contributed by atoms with E-state index in [1.165, 1.54) is 7.05 Å². The van der Waals surface area contributed by atoms with E-state index in [4.69, 9.17) is 5.26 Å². The van der Waals surface area contributed by atoms with Gasteiger partial charge in [-0.15, -0.1) is 0 Å². The minimum absolute atomic E-state index is 0.678. The molecule has 2 nitrogen and oxygen atoms in total. The van der Waals surface area contributed by atoms with E-state index in [0.717, 1.165) is 4.47 Å². The highest BCUT2D eigenvalue weighted by atomic mass is 79.9. The van der Waals surface area contributed by atoms with Gasteiger partial charge >= 0.3 is 0 Å². The maximum atomic E-state index is 8.44. The van der Waals surface area contributed by atoms with Crippen molar-refractivity contribution >= 4 is 15.9 Å². The number of benzene rings is 1. The lowest BCUT2D eigenvalue weighted by Gasteiger charge is -1.88. The smallest absolute Gasteiger partial charge is 0.100 e. The molecule has 0 bridgehead atoms. The van der Waals surface area contributed by atoms with Crippen molar-refractivity contribution in [3.05, 3.63) is 34.3 Å². The summed E-state index contributed by atoms with van der Waals surface area (Å²) < 4.78 is 0.854. The molecular weight excluding hydrogens is 204 g/mol. The Labute approximate surface area is 74.8 Å². The molecule has 0 aromatic heterocycles. The summed E-state index contributed by atoms with van der Waals surface area (Å²) in [4.78, 5) is 0. The number of nitrogens with zero attached hydrogens (tertiary/aromatic N) is 1. The van der Waals surface area contributed by atoms with Crippen LogP contribution in [0, 0.1) is 11.3 Å². The van der Waals surface area contributed by atoms with Gasteiger partial charge in [0.25, 0.3) is 0 Å². The van der Waals surface area contributed by atoms with Gasteiger partial charge in [0.15, 0.2) is 0 Å². The Morgan fingerprint density at radius 2 is 1.91 bits per heavy atom. The van der Waals surface area contributed by atoms with Crippen molar-refractivity contribution in [2.45, 2.75) is 0 Å². The van der Waals surface area contributed by atoms with Gasteiger partial charge in [0, 0.05) is 4.47 Å². The lowest BCUT2D eigenvalue weighted by Crippen LogP contribution is -1.72. The van der Waals surface area contributed by atoms with Crippen molar-refractivity contribution in [2.75, 3.05) is 7.05 Å². The molecule has 58 valence electrons. The van der Waals surface area contributed by atoms with E-state index in [0.29, 0.717) is 5.56 Å². The van der Waals surface area contributed by atoms with Crippen LogP contribution in [0.2, 0.25) is 0 Å². The van der Waals surface area contributed by atoms with Crippen LogP contribution in [-0.2, 0) is 0 Å². The third-order valence-corrected chi connectivity index (χ3v) is 1.69. The molecule has 11 heavy (non-hydrogen) atoms. The Kier molecular flexibility index (Phi) is 5.44. The van der Waals surface area contributed by atoms with Crippen molar-refractivity contribution in [3.63, 3.8) is 0 Å². The number of hydrogen-bond donors (Lipinski definition) is 1. The molecule has 0 atom stereocenters. The molecule has 0 unspecified atom stereocenters. The molecule has 0 heterocycles. The summed E-state index contributed by atoms with van der Waals surface area (Å²) in [6.45, 7) is 0. The molecule has 3 heteroatoms. The molecule has 1 aromatic carbocycles. The molecule has 0 saturated heterocycles. The van der Waals surface area contributed by atoms with Crippen LogP contribution in [0.3, 0.4) is 0 Å². The number of halogens is 1. The first-order valence-corrected chi connectivity index (χ1v) is 3.86. The molecule has 0 amide bonds. The van der Waals surface area contributed by atoms with E-state index in [-0.39, 0.29) is 0 Å². The van der Waals surface area contributed by atoms with E-state index in [2.05, 4.69) is 21.7 Å². The zero-order valence-electron chi connectivity index (χ0n) is 6.21. The third kappa shape index (κ3) is 3.17. The molecule has 1 aromatic rings. The summed E-state index contributed by atoms with van der Waals surface area (Å²) in [5, 5.41) is 8.44. The zero-order chi connectivity index (χ0) is 8.69. The fraction of sp³-hybridized carbons (Fsp3) is 0.125. The Bertz CT molecular complexity index is 253. The summed E-state index contributed by atoms with van der Waals surface area (Å²) in [6.07, 6.45) is 0. The second-order valence-electron chi connectivity index (χ2n) is 1.59. The SMILES string of the molecule is CN.N#Cc1ccccc1Br. The Morgan fingerprint density at radius 1 is 1.36 bits per heavy atom. The first-order chi connectivity index (χ1) is 5.34.